The summed E-state index contributed by atoms with van der Waals surface area (Å²) in [5.41, 5.74) is 0.831. The first kappa shape index (κ1) is 14.8. The summed E-state index contributed by atoms with van der Waals surface area (Å²) in [7, 11) is 0. The molecule has 5 heteroatoms. The molecule has 0 aliphatic heterocycles. The average molecular weight is 337 g/mol. The van der Waals surface area contributed by atoms with Gasteiger partial charge in [-0.25, -0.2) is 9.78 Å². The smallest absolute Gasteiger partial charge is 0.412 e. The highest BCUT2D eigenvalue weighted by molar-refractivity contribution is 9.10. The Kier molecular flexibility index (Phi) is 5.35. The topological polar surface area (TPSA) is 51.2 Å². The number of halogens is 1. The summed E-state index contributed by atoms with van der Waals surface area (Å²) in [6.07, 6.45) is 2.61. The Morgan fingerprint density at radius 3 is 2.95 bits per heavy atom. The quantitative estimate of drug-likeness (QED) is 0.802. The summed E-state index contributed by atoms with van der Waals surface area (Å²) in [4.78, 5) is 16.0. The maximum atomic E-state index is 11.6. The second kappa shape index (κ2) is 7.24. The molecule has 1 aromatic carbocycles. The van der Waals surface area contributed by atoms with Crippen molar-refractivity contribution in [1.29, 1.82) is 0 Å². The highest BCUT2D eigenvalue weighted by Crippen LogP contribution is 2.20. The molecule has 4 nitrogen and oxygen atoms in total. The van der Waals surface area contributed by atoms with Gasteiger partial charge in [-0.3, -0.25) is 5.32 Å². The Morgan fingerprint density at radius 1 is 1.30 bits per heavy atom. The zero-order valence-electron chi connectivity index (χ0n) is 11.4. The molecule has 1 N–H and O–H groups in total. The average Bonchev–Trinajstić information content (AvgIpc) is 2.44. The lowest BCUT2D eigenvalue weighted by molar-refractivity contribution is 0.159. The van der Waals surface area contributed by atoms with Gasteiger partial charge in [0.1, 0.15) is 5.82 Å². The van der Waals surface area contributed by atoms with Crippen LogP contribution in [-0.2, 0) is 4.74 Å². The number of amides is 1. The van der Waals surface area contributed by atoms with E-state index < -0.39 is 6.09 Å². The van der Waals surface area contributed by atoms with Gasteiger partial charge in [0, 0.05) is 9.86 Å². The minimum atomic E-state index is -0.454. The van der Waals surface area contributed by atoms with E-state index in [0.717, 1.165) is 34.6 Å². The maximum Gasteiger partial charge on any atom is 0.412 e. The van der Waals surface area contributed by atoms with Gasteiger partial charge in [0.2, 0.25) is 0 Å². The molecule has 20 heavy (non-hydrogen) atoms. The molecule has 2 rings (SSSR count). The van der Waals surface area contributed by atoms with Crippen LogP contribution in [0, 0.1) is 0 Å². The van der Waals surface area contributed by atoms with Gasteiger partial charge in [0.05, 0.1) is 12.1 Å². The number of aromatic nitrogens is 1. The number of rotatable bonds is 5. The molecule has 106 valence electrons. The summed E-state index contributed by atoms with van der Waals surface area (Å²) < 4.78 is 6.08. The number of carbonyl (C=O) groups is 1. The SMILES string of the molecule is CCCCCOC(=O)Nc1ccc2cc(Br)ccc2n1. The van der Waals surface area contributed by atoms with Crippen LogP contribution in [0.15, 0.2) is 34.8 Å². The number of hydrogen-bond donors (Lipinski definition) is 1. The number of anilines is 1. The minimum absolute atomic E-state index is 0.445. The molecule has 0 atom stereocenters. The van der Waals surface area contributed by atoms with Crippen LogP contribution in [0.2, 0.25) is 0 Å². The Labute approximate surface area is 126 Å². The van der Waals surface area contributed by atoms with Crippen molar-refractivity contribution in [3.63, 3.8) is 0 Å². The molecule has 0 spiro atoms. The number of nitrogens with one attached hydrogen (secondary N) is 1. The summed E-state index contributed by atoms with van der Waals surface area (Å²) in [6, 6.07) is 9.48. The molecule has 1 aromatic heterocycles. The van der Waals surface area contributed by atoms with Gasteiger partial charge in [0.15, 0.2) is 0 Å². The number of fused-ring (bicyclic) bond motifs is 1. The number of carbonyl (C=O) groups excluding carboxylic acids is 1. The van der Waals surface area contributed by atoms with Gasteiger partial charge in [-0.05, 0) is 36.8 Å². The molecule has 0 bridgehead atoms. The monoisotopic (exact) mass is 336 g/mol. The van der Waals surface area contributed by atoms with Crippen molar-refractivity contribution in [2.24, 2.45) is 0 Å². The molecule has 1 heterocycles. The summed E-state index contributed by atoms with van der Waals surface area (Å²) in [5, 5.41) is 3.66. The van der Waals surface area contributed by atoms with E-state index in [-0.39, 0.29) is 0 Å². The summed E-state index contributed by atoms with van der Waals surface area (Å²) >= 11 is 3.41. The van der Waals surface area contributed by atoms with E-state index in [9.17, 15) is 4.79 Å². The van der Waals surface area contributed by atoms with Gasteiger partial charge in [-0.2, -0.15) is 0 Å². The lowest BCUT2D eigenvalue weighted by atomic mass is 10.2. The fraction of sp³-hybridized carbons (Fsp3) is 0.333. The maximum absolute atomic E-state index is 11.6. The van der Waals surface area contributed by atoms with Crippen LogP contribution >= 0.6 is 15.9 Å². The molecule has 2 aromatic rings. The lowest BCUT2D eigenvalue weighted by Crippen LogP contribution is -2.15. The van der Waals surface area contributed by atoms with E-state index in [4.69, 9.17) is 4.74 Å². The predicted octanol–water partition coefficient (Wildman–Crippen LogP) is 4.74. The van der Waals surface area contributed by atoms with Crippen molar-refractivity contribution in [1.82, 2.24) is 4.98 Å². The van der Waals surface area contributed by atoms with E-state index in [2.05, 4.69) is 33.2 Å². The lowest BCUT2D eigenvalue weighted by Gasteiger charge is -2.07. The van der Waals surface area contributed by atoms with Gasteiger partial charge in [0.25, 0.3) is 0 Å². The normalized spacial score (nSPS) is 10.5. The van der Waals surface area contributed by atoms with Crippen LogP contribution in [0.25, 0.3) is 10.9 Å². The fourth-order valence-electron chi connectivity index (χ4n) is 1.82. The second-order valence-corrected chi connectivity index (χ2v) is 5.42. The van der Waals surface area contributed by atoms with Crippen LogP contribution in [0.5, 0.6) is 0 Å². The van der Waals surface area contributed by atoms with Crippen LogP contribution in [0.3, 0.4) is 0 Å². The molecule has 0 aliphatic rings. The predicted molar refractivity (Wildman–Crippen MR) is 83.9 cm³/mol. The standard InChI is InChI=1S/C15H17BrN2O2/c1-2-3-4-9-20-15(19)18-14-8-5-11-10-12(16)6-7-13(11)17-14/h5-8,10H,2-4,9H2,1H3,(H,17,18,19). The van der Waals surface area contributed by atoms with Gasteiger partial charge in [-0.1, -0.05) is 35.7 Å². The van der Waals surface area contributed by atoms with Crippen LogP contribution < -0.4 is 5.32 Å². The molecular weight excluding hydrogens is 320 g/mol. The van der Waals surface area contributed by atoms with E-state index in [1.807, 2.05) is 24.3 Å². The van der Waals surface area contributed by atoms with Crippen molar-refractivity contribution < 1.29 is 9.53 Å². The Bertz CT molecular complexity index is 601. The van der Waals surface area contributed by atoms with Crippen LogP contribution in [0.1, 0.15) is 26.2 Å². The molecule has 0 fully saturated rings. The number of benzene rings is 1. The number of nitrogens with zero attached hydrogens (tertiary/aromatic N) is 1. The van der Waals surface area contributed by atoms with Gasteiger partial charge >= 0.3 is 6.09 Å². The zero-order chi connectivity index (χ0) is 14.4. The highest BCUT2D eigenvalue weighted by Gasteiger charge is 2.05. The molecule has 0 radical (unpaired) electrons. The largest absolute Gasteiger partial charge is 0.449 e. The number of hydrogen-bond acceptors (Lipinski definition) is 3. The van der Waals surface area contributed by atoms with Gasteiger partial charge < -0.3 is 4.74 Å². The first-order chi connectivity index (χ1) is 9.69. The van der Waals surface area contributed by atoms with Crippen LogP contribution in [0.4, 0.5) is 10.6 Å². The summed E-state index contributed by atoms with van der Waals surface area (Å²) in [5.74, 6) is 0.500. The Balaban J connectivity index is 1.96. The van der Waals surface area contributed by atoms with E-state index in [0.29, 0.717) is 12.4 Å². The van der Waals surface area contributed by atoms with Crippen molar-refractivity contribution in [2.75, 3.05) is 11.9 Å². The summed E-state index contributed by atoms with van der Waals surface area (Å²) in [6.45, 7) is 2.55. The molecule has 0 unspecified atom stereocenters. The molecule has 0 saturated carbocycles. The number of pyridine rings is 1. The minimum Gasteiger partial charge on any atom is -0.449 e. The molecule has 0 saturated heterocycles. The fourth-order valence-corrected chi connectivity index (χ4v) is 2.20. The molecular formula is C15H17BrN2O2. The van der Waals surface area contributed by atoms with E-state index in [1.54, 1.807) is 6.07 Å². The second-order valence-electron chi connectivity index (χ2n) is 4.50. The van der Waals surface area contributed by atoms with Gasteiger partial charge in [-0.15, -0.1) is 0 Å². The number of ether oxygens (including phenoxy) is 1. The third kappa shape index (κ3) is 4.20. The molecule has 0 aliphatic carbocycles. The van der Waals surface area contributed by atoms with Crippen LogP contribution in [-0.4, -0.2) is 17.7 Å². The van der Waals surface area contributed by atoms with Crippen molar-refractivity contribution in [2.45, 2.75) is 26.2 Å². The third-order valence-corrected chi connectivity index (χ3v) is 3.36. The highest BCUT2D eigenvalue weighted by atomic mass is 79.9. The third-order valence-electron chi connectivity index (χ3n) is 2.86. The van der Waals surface area contributed by atoms with E-state index in [1.165, 1.54) is 0 Å². The molecule has 1 amide bonds. The van der Waals surface area contributed by atoms with Crippen molar-refractivity contribution in [3.05, 3.63) is 34.8 Å². The first-order valence-electron chi connectivity index (χ1n) is 6.69. The number of unbranched alkanes of at least 4 members (excludes halogenated alkanes) is 2. The zero-order valence-corrected chi connectivity index (χ0v) is 12.9. The Hall–Kier alpha value is -1.62. The van der Waals surface area contributed by atoms with Crippen molar-refractivity contribution in [3.8, 4) is 0 Å². The van der Waals surface area contributed by atoms with E-state index >= 15 is 0 Å². The Morgan fingerprint density at radius 2 is 2.15 bits per heavy atom. The van der Waals surface area contributed by atoms with Crippen molar-refractivity contribution >= 4 is 38.7 Å². The first-order valence-corrected chi connectivity index (χ1v) is 7.48.